The number of fused-ring (bicyclic) bond motifs is 1. The van der Waals surface area contributed by atoms with Crippen LogP contribution in [0.25, 0.3) is 5.76 Å². The standard InChI is InChI=1S/C29H26N2O7/c1-30-12-13-38-23-11-10-20(15-22(23)30)26(32)24-25(19-4-3-5-21(14-19)37-2)31(28(34)27(24)33)16-17-6-8-18(9-7-17)29(35)36/h3-11,14-15,25,32H,12-13,16H2,1-2H3,(H,35,36)/b26-24-. The Balaban J connectivity index is 1.62. The van der Waals surface area contributed by atoms with Gasteiger partial charge in [0, 0.05) is 19.2 Å². The predicted octanol–water partition coefficient (Wildman–Crippen LogP) is 3.84. The van der Waals surface area contributed by atoms with Gasteiger partial charge < -0.3 is 29.5 Å². The van der Waals surface area contributed by atoms with E-state index >= 15 is 0 Å². The number of aromatic carboxylic acids is 1. The number of aliphatic hydroxyl groups is 1. The summed E-state index contributed by atoms with van der Waals surface area (Å²) in [4.78, 5) is 41.4. The van der Waals surface area contributed by atoms with E-state index in [1.54, 1.807) is 54.6 Å². The van der Waals surface area contributed by atoms with E-state index in [4.69, 9.17) is 9.47 Å². The van der Waals surface area contributed by atoms with Crippen LogP contribution >= 0.6 is 0 Å². The maximum Gasteiger partial charge on any atom is 0.335 e. The SMILES string of the molecule is COc1cccc(C2/C(=C(/O)c3ccc4c(c3)N(C)CCO4)C(=O)C(=O)N2Cc2ccc(C(=O)O)cc2)c1. The topological polar surface area (TPSA) is 117 Å². The van der Waals surface area contributed by atoms with Crippen LogP contribution in [0.5, 0.6) is 11.5 Å². The molecule has 1 saturated heterocycles. The van der Waals surface area contributed by atoms with Gasteiger partial charge in [0.2, 0.25) is 0 Å². The van der Waals surface area contributed by atoms with Gasteiger partial charge in [-0.1, -0.05) is 24.3 Å². The first-order chi connectivity index (χ1) is 18.3. The van der Waals surface area contributed by atoms with Crippen molar-refractivity contribution in [1.82, 2.24) is 4.90 Å². The quantitative estimate of drug-likeness (QED) is 0.290. The van der Waals surface area contributed by atoms with E-state index in [2.05, 4.69) is 0 Å². The Hall–Kier alpha value is -4.79. The molecule has 2 heterocycles. The highest BCUT2D eigenvalue weighted by atomic mass is 16.5. The van der Waals surface area contributed by atoms with Crippen molar-refractivity contribution >= 4 is 29.1 Å². The van der Waals surface area contributed by atoms with Crippen LogP contribution < -0.4 is 14.4 Å². The molecule has 2 aliphatic heterocycles. The molecular formula is C29H26N2O7. The molecule has 0 saturated carbocycles. The number of methoxy groups -OCH3 is 1. The number of carboxylic acid groups (broad SMARTS) is 1. The highest BCUT2D eigenvalue weighted by Crippen LogP contribution is 2.42. The second kappa shape index (κ2) is 9.93. The molecule has 2 N–H and O–H groups in total. The van der Waals surface area contributed by atoms with Crippen molar-refractivity contribution in [2.75, 3.05) is 32.2 Å². The molecule has 0 bridgehead atoms. The first-order valence-corrected chi connectivity index (χ1v) is 12.0. The Kier molecular flexibility index (Phi) is 6.50. The number of nitrogens with zero attached hydrogens (tertiary/aromatic N) is 2. The summed E-state index contributed by atoms with van der Waals surface area (Å²) in [6, 6.07) is 17.3. The van der Waals surface area contributed by atoms with Crippen molar-refractivity contribution in [3.05, 3.63) is 94.6 Å². The minimum absolute atomic E-state index is 0.0316. The number of carbonyl (C=O) groups is 3. The lowest BCUT2D eigenvalue weighted by Gasteiger charge is -2.28. The minimum Gasteiger partial charge on any atom is -0.507 e. The largest absolute Gasteiger partial charge is 0.507 e. The van der Waals surface area contributed by atoms with Crippen LogP contribution in [0.15, 0.2) is 72.3 Å². The first kappa shape index (κ1) is 24.9. The molecule has 0 spiro atoms. The monoisotopic (exact) mass is 514 g/mol. The molecule has 3 aromatic carbocycles. The van der Waals surface area contributed by atoms with Gasteiger partial charge in [-0.3, -0.25) is 9.59 Å². The Morgan fingerprint density at radius 1 is 1.03 bits per heavy atom. The number of hydrogen-bond donors (Lipinski definition) is 2. The molecule has 5 rings (SSSR count). The fourth-order valence-electron chi connectivity index (χ4n) is 4.80. The number of benzene rings is 3. The second-order valence-electron chi connectivity index (χ2n) is 9.16. The summed E-state index contributed by atoms with van der Waals surface area (Å²) in [5, 5.41) is 20.7. The van der Waals surface area contributed by atoms with Gasteiger partial charge in [-0.2, -0.15) is 0 Å². The number of carboxylic acids is 1. The molecular weight excluding hydrogens is 488 g/mol. The van der Waals surface area contributed by atoms with E-state index in [1.165, 1.54) is 24.1 Å². The predicted molar refractivity (Wildman–Crippen MR) is 139 cm³/mol. The first-order valence-electron chi connectivity index (χ1n) is 12.0. The summed E-state index contributed by atoms with van der Waals surface area (Å²) in [5.74, 6) is -1.72. The van der Waals surface area contributed by atoms with E-state index in [9.17, 15) is 24.6 Å². The lowest BCUT2D eigenvalue weighted by Crippen LogP contribution is -2.29. The molecule has 9 nitrogen and oxygen atoms in total. The number of amides is 1. The molecule has 2 aliphatic rings. The van der Waals surface area contributed by atoms with Crippen molar-refractivity contribution in [2.24, 2.45) is 0 Å². The van der Waals surface area contributed by atoms with Crippen LogP contribution in [-0.2, 0) is 16.1 Å². The third kappa shape index (κ3) is 4.43. The summed E-state index contributed by atoms with van der Waals surface area (Å²) < 4.78 is 11.1. The number of anilines is 1. The van der Waals surface area contributed by atoms with E-state index in [0.717, 1.165) is 5.69 Å². The van der Waals surface area contributed by atoms with Crippen molar-refractivity contribution in [3.8, 4) is 11.5 Å². The molecule has 0 aromatic heterocycles. The lowest BCUT2D eigenvalue weighted by atomic mass is 9.94. The normalized spacial score (nSPS) is 18.2. The number of ether oxygens (including phenoxy) is 2. The van der Waals surface area contributed by atoms with Crippen molar-refractivity contribution in [1.29, 1.82) is 0 Å². The number of Topliss-reactive ketones (excluding diaryl/α,β-unsaturated/α-hetero) is 1. The third-order valence-corrected chi connectivity index (χ3v) is 6.83. The van der Waals surface area contributed by atoms with Gasteiger partial charge in [0.1, 0.15) is 23.9 Å². The second-order valence-corrected chi connectivity index (χ2v) is 9.16. The maximum absolute atomic E-state index is 13.4. The zero-order valence-corrected chi connectivity index (χ0v) is 20.9. The number of rotatable bonds is 6. The molecule has 194 valence electrons. The highest BCUT2D eigenvalue weighted by Gasteiger charge is 2.46. The Morgan fingerprint density at radius 3 is 2.47 bits per heavy atom. The van der Waals surface area contributed by atoms with Crippen LogP contribution in [0.2, 0.25) is 0 Å². The smallest absolute Gasteiger partial charge is 0.335 e. The zero-order chi connectivity index (χ0) is 27.0. The van der Waals surface area contributed by atoms with Gasteiger partial charge in [-0.25, -0.2) is 4.79 Å². The fourth-order valence-corrected chi connectivity index (χ4v) is 4.80. The number of aliphatic hydroxyl groups excluding tert-OH is 1. The molecule has 1 unspecified atom stereocenters. The number of ketones is 1. The molecule has 1 atom stereocenters. The fraction of sp³-hybridized carbons (Fsp3) is 0.207. The minimum atomic E-state index is -1.06. The van der Waals surface area contributed by atoms with Crippen molar-refractivity contribution < 1.29 is 34.1 Å². The van der Waals surface area contributed by atoms with Gasteiger partial charge in [0.15, 0.2) is 0 Å². The van der Waals surface area contributed by atoms with Crippen LogP contribution in [0.4, 0.5) is 5.69 Å². The number of likely N-dealkylation sites (tertiary alicyclic amines) is 1. The lowest BCUT2D eigenvalue weighted by molar-refractivity contribution is -0.140. The molecule has 1 amide bonds. The van der Waals surface area contributed by atoms with E-state index < -0.39 is 23.7 Å². The number of likely N-dealkylation sites (N-methyl/N-ethyl adjacent to an activating group) is 1. The molecule has 0 radical (unpaired) electrons. The van der Waals surface area contributed by atoms with Crippen LogP contribution in [-0.4, -0.2) is 60.1 Å². The molecule has 38 heavy (non-hydrogen) atoms. The van der Waals surface area contributed by atoms with E-state index in [1.807, 2.05) is 11.9 Å². The Labute approximate surface area is 219 Å². The summed E-state index contributed by atoms with van der Waals surface area (Å²) in [6.07, 6.45) is 0. The van der Waals surface area contributed by atoms with E-state index in [-0.39, 0.29) is 23.4 Å². The van der Waals surface area contributed by atoms with Crippen molar-refractivity contribution in [3.63, 3.8) is 0 Å². The van der Waals surface area contributed by atoms with Crippen molar-refractivity contribution in [2.45, 2.75) is 12.6 Å². The third-order valence-electron chi connectivity index (χ3n) is 6.83. The number of hydrogen-bond acceptors (Lipinski definition) is 7. The summed E-state index contributed by atoms with van der Waals surface area (Å²) in [6.45, 7) is 1.25. The summed E-state index contributed by atoms with van der Waals surface area (Å²) in [7, 11) is 3.43. The Bertz CT molecular complexity index is 1460. The maximum atomic E-state index is 13.4. The molecule has 0 aliphatic carbocycles. The van der Waals surface area contributed by atoms with Gasteiger partial charge in [0.05, 0.1) is 36.5 Å². The van der Waals surface area contributed by atoms with Crippen LogP contribution in [0, 0.1) is 0 Å². The average molecular weight is 515 g/mol. The van der Waals surface area contributed by atoms with Gasteiger partial charge in [-0.15, -0.1) is 0 Å². The molecule has 9 heteroatoms. The van der Waals surface area contributed by atoms with Gasteiger partial charge >= 0.3 is 5.97 Å². The summed E-state index contributed by atoms with van der Waals surface area (Å²) >= 11 is 0. The Morgan fingerprint density at radius 2 is 1.76 bits per heavy atom. The summed E-state index contributed by atoms with van der Waals surface area (Å²) in [5.41, 5.74) is 2.46. The van der Waals surface area contributed by atoms with Crippen LogP contribution in [0.1, 0.15) is 33.1 Å². The van der Waals surface area contributed by atoms with E-state index in [0.29, 0.717) is 41.3 Å². The van der Waals surface area contributed by atoms with Crippen LogP contribution in [0.3, 0.4) is 0 Å². The number of carbonyl (C=O) groups excluding carboxylic acids is 2. The zero-order valence-electron chi connectivity index (χ0n) is 20.9. The highest BCUT2D eigenvalue weighted by molar-refractivity contribution is 6.46. The molecule has 3 aromatic rings. The average Bonchev–Trinajstić information content (AvgIpc) is 3.18. The molecule has 1 fully saturated rings. The van der Waals surface area contributed by atoms with Gasteiger partial charge in [-0.05, 0) is 53.6 Å². The van der Waals surface area contributed by atoms with Gasteiger partial charge in [0.25, 0.3) is 11.7 Å².